The number of nitrogens with zero attached hydrogens (tertiary/aromatic N) is 1. The summed E-state index contributed by atoms with van der Waals surface area (Å²) in [5.41, 5.74) is 1.11. The minimum Gasteiger partial charge on any atom is -0.497 e. The molecular weight excluding hydrogens is 436 g/mol. The summed E-state index contributed by atoms with van der Waals surface area (Å²) in [6.45, 7) is 4.72. The second-order valence-electron chi connectivity index (χ2n) is 7.85. The van der Waals surface area contributed by atoms with Crippen LogP contribution in [0.5, 0.6) is 5.75 Å². The molecule has 0 aliphatic carbocycles. The van der Waals surface area contributed by atoms with Gasteiger partial charge >= 0.3 is 0 Å². The highest BCUT2D eigenvalue weighted by molar-refractivity contribution is 7.89. The molecule has 0 aromatic heterocycles. The SMILES string of the molecule is CCC(C)c1ccc(S(=O)(=O)NC2CCN(S(=O)(=O)c3ccc(OC)cc3)CC2)cc1. The summed E-state index contributed by atoms with van der Waals surface area (Å²) >= 11 is 0. The molecule has 2 aromatic carbocycles. The molecular formula is C22H30N2O5S2. The number of benzene rings is 2. The van der Waals surface area contributed by atoms with E-state index in [0.717, 1.165) is 12.0 Å². The quantitative estimate of drug-likeness (QED) is 0.644. The lowest BCUT2D eigenvalue weighted by Gasteiger charge is -2.31. The molecule has 3 rings (SSSR count). The van der Waals surface area contributed by atoms with E-state index in [0.29, 0.717) is 24.5 Å². The number of hydrogen-bond donors (Lipinski definition) is 1. The van der Waals surface area contributed by atoms with Gasteiger partial charge in [0.1, 0.15) is 5.75 Å². The summed E-state index contributed by atoms with van der Waals surface area (Å²) in [5.74, 6) is 0.964. The summed E-state index contributed by atoms with van der Waals surface area (Å²) in [6, 6.07) is 12.9. The Kier molecular flexibility index (Phi) is 7.41. The summed E-state index contributed by atoms with van der Waals surface area (Å²) in [4.78, 5) is 0.432. The molecule has 31 heavy (non-hydrogen) atoms. The van der Waals surface area contributed by atoms with E-state index in [1.165, 1.54) is 23.5 Å². The highest BCUT2D eigenvalue weighted by Gasteiger charge is 2.31. The Bertz CT molecular complexity index is 1070. The minimum absolute atomic E-state index is 0.203. The van der Waals surface area contributed by atoms with E-state index in [4.69, 9.17) is 4.74 Å². The number of rotatable bonds is 8. The molecule has 7 nitrogen and oxygen atoms in total. The molecule has 0 radical (unpaired) electrons. The maximum Gasteiger partial charge on any atom is 0.243 e. The zero-order valence-electron chi connectivity index (χ0n) is 18.1. The summed E-state index contributed by atoms with van der Waals surface area (Å²) in [6.07, 6.45) is 1.82. The highest BCUT2D eigenvalue weighted by Crippen LogP contribution is 2.24. The molecule has 0 saturated carbocycles. The maximum atomic E-state index is 12.9. The Morgan fingerprint density at radius 2 is 1.52 bits per heavy atom. The predicted molar refractivity (Wildman–Crippen MR) is 120 cm³/mol. The Morgan fingerprint density at radius 1 is 0.968 bits per heavy atom. The smallest absolute Gasteiger partial charge is 0.243 e. The van der Waals surface area contributed by atoms with Crippen LogP contribution in [0.25, 0.3) is 0 Å². The lowest BCUT2D eigenvalue weighted by Crippen LogP contribution is -2.46. The van der Waals surface area contributed by atoms with Crippen molar-refractivity contribution in [1.29, 1.82) is 0 Å². The van der Waals surface area contributed by atoms with Crippen molar-refractivity contribution in [3.63, 3.8) is 0 Å². The molecule has 0 spiro atoms. The molecule has 0 bridgehead atoms. The molecule has 1 aliphatic rings. The third-order valence-corrected chi connectivity index (χ3v) is 9.29. The molecule has 0 amide bonds. The average molecular weight is 467 g/mol. The van der Waals surface area contributed by atoms with Gasteiger partial charge in [0, 0.05) is 19.1 Å². The van der Waals surface area contributed by atoms with Crippen LogP contribution in [0.4, 0.5) is 0 Å². The molecule has 1 unspecified atom stereocenters. The normalized spacial score (nSPS) is 17.4. The molecule has 1 saturated heterocycles. The lowest BCUT2D eigenvalue weighted by molar-refractivity contribution is 0.308. The van der Waals surface area contributed by atoms with Gasteiger partial charge in [-0.2, -0.15) is 4.31 Å². The molecule has 170 valence electrons. The molecule has 1 aliphatic heterocycles. The van der Waals surface area contributed by atoms with Gasteiger partial charge in [0.2, 0.25) is 20.0 Å². The second-order valence-corrected chi connectivity index (χ2v) is 11.5. The molecule has 1 atom stereocenters. The van der Waals surface area contributed by atoms with Crippen molar-refractivity contribution in [3.8, 4) is 5.75 Å². The Morgan fingerprint density at radius 3 is 2.03 bits per heavy atom. The van der Waals surface area contributed by atoms with Crippen molar-refractivity contribution in [2.45, 2.75) is 54.9 Å². The van der Waals surface area contributed by atoms with Crippen molar-refractivity contribution < 1.29 is 21.6 Å². The second kappa shape index (κ2) is 9.68. The van der Waals surface area contributed by atoms with Crippen LogP contribution in [-0.4, -0.2) is 47.4 Å². The minimum atomic E-state index is -3.65. The monoisotopic (exact) mass is 466 g/mol. The van der Waals surface area contributed by atoms with Crippen molar-refractivity contribution in [1.82, 2.24) is 9.03 Å². The van der Waals surface area contributed by atoms with Gasteiger partial charge in [-0.15, -0.1) is 0 Å². The van der Waals surface area contributed by atoms with Crippen LogP contribution in [-0.2, 0) is 20.0 Å². The largest absolute Gasteiger partial charge is 0.497 e. The molecule has 1 N–H and O–H groups in total. The van der Waals surface area contributed by atoms with E-state index in [-0.39, 0.29) is 28.9 Å². The van der Waals surface area contributed by atoms with Crippen molar-refractivity contribution in [2.24, 2.45) is 0 Å². The molecule has 1 fully saturated rings. The van der Waals surface area contributed by atoms with Crippen LogP contribution in [0.15, 0.2) is 58.3 Å². The van der Waals surface area contributed by atoms with Crippen LogP contribution in [0.1, 0.15) is 44.6 Å². The van der Waals surface area contributed by atoms with Gasteiger partial charge in [0.05, 0.1) is 16.9 Å². The number of piperidine rings is 1. The van der Waals surface area contributed by atoms with Crippen molar-refractivity contribution in [2.75, 3.05) is 20.2 Å². The molecule has 2 aromatic rings. The van der Waals surface area contributed by atoms with E-state index in [1.807, 2.05) is 12.1 Å². The van der Waals surface area contributed by atoms with Gasteiger partial charge in [-0.25, -0.2) is 21.6 Å². The third kappa shape index (κ3) is 5.46. The van der Waals surface area contributed by atoms with Gasteiger partial charge in [0.25, 0.3) is 0 Å². The van der Waals surface area contributed by atoms with Crippen LogP contribution in [0, 0.1) is 0 Å². The maximum absolute atomic E-state index is 12.9. The van der Waals surface area contributed by atoms with Crippen LogP contribution in [0.2, 0.25) is 0 Å². The summed E-state index contributed by atoms with van der Waals surface area (Å²) in [5, 5.41) is 0. The first-order valence-electron chi connectivity index (χ1n) is 10.4. The highest BCUT2D eigenvalue weighted by atomic mass is 32.2. The topological polar surface area (TPSA) is 92.8 Å². The van der Waals surface area contributed by atoms with Crippen LogP contribution < -0.4 is 9.46 Å². The van der Waals surface area contributed by atoms with E-state index in [1.54, 1.807) is 24.3 Å². The number of ether oxygens (including phenoxy) is 1. The third-order valence-electron chi connectivity index (χ3n) is 5.84. The van der Waals surface area contributed by atoms with Crippen LogP contribution in [0.3, 0.4) is 0 Å². The van der Waals surface area contributed by atoms with E-state index in [9.17, 15) is 16.8 Å². The predicted octanol–water partition coefficient (Wildman–Crippen LogP) is 3.34. The number of methoxy groups -OCH3 is 1. The summed E-state index contributed by atoms with van der Waals surface area (Å²) < 4.78 is 60.4. The van der Waals surface area contributed by atoms with E-state index in [2.05, 4.69) is 18.6 Å². The zero-order valence-corrected chi connectivity index (χ0v) is 19.7. The number of nitrogens with one attached hydrogen (secondary N) is 1. The first-order valence-corrected chi connectivity index (χ1v) is 13.4. The first-order chi connectivity index (χ1) is 14.7. The average Bonchev–Trinajstić information content (AvgIpc) is 2.78. The van der Waals surface area contributed by atoms with Gasteiger partial charge < -0.3 is 4.74 Å². The standard InChI is InChI=1S/C22H30N2O5S2/c1-4-17(2)18-5-9-21(10-6-18)30(25,26)23-19-13-15-24(16-14-19)31(27,28)22-11-7-20(29-3)8-12-22/h5-12,17,19,23H,4,13-16H2,1-3H3. The van der Waals surface area contributed by atoms with Gasteiger partial charge in [-0.3, -0.25) is 0 Å². The Balaban J connectivity index is 1.62. The fourth-order valence-corrected chi connectivity index (χ4v) is 6.38. The fourth-order valence-electron chi connectivity index (χ4n) is 3.61. The van der Waals surface area contributed by atoms with Gasteiger partial charge in [0.15, 0.2) is 0 Å². The Hall–Kier alpha value is -1.94. The Labute approximate surface area is 185 Å². The van der Waals surface area contributed by atoms with E-state index >= 15 is 0 Å². The molecule has 9 heteroatoms. The van der Waals surface area contributed by atoms with Crippen LogP contribution >= 0.6 is 0 Å². The van der Waals surface area contributed by atoms with Crippen molar-refractivity contribution >= 4 is 20.0 Å². The number of sulfonamides is 2. The van der Waals surface area contributed by atoms with E-state index < -0.39 is 20.0 Å². The van der Waals surface area contributed by atoms with Crippen molar-refractivity contribution in [3.05, 3.63) is 54.1 Å². The summed E-state index contributed by atoms with van der Waals surface area (Å²) in [7, 11) is -5.75. The van der Waals surface area contributed by atoms with Gasteiger partial charge in [-0.05, 0) is 67.1 Å². The molecule has 1 heterocycles. The van der Waals surface area contributed by atoms with Gasteiger partial charge in [-0.1, -0.05) is 26.0 Å². The number of hydrogen-bond acceptors (Lipinski definition) is 5. The fraction of sp³-hybridized carbons (Fsp3) is 0.455. The lowest BCUT2D eigenvalue weighted by atomic mass is 9.99. The zero-order chi connectivity index (χ0) is 22.6. The first kappa shape index (κ1) is 23.7.